The molecule has 0 unspecified atom stereocenters. The molecule has 1 aromatic carbocycles. The van der Waals surface area contributed by atoms with Gasteiger partial charge < -0.3 is 14.8 Å². The molecule has 2 N–H and O–H groups in total. The molecule has 4 nitrogen and oxygen atoms in total. The van der Waals surface area contributed by atoms with Crippen molar-refractivity contribution in [2.75, 3.05) is 26.8 Å². The maximum atomic E-state index is 9.64. The van der Waals surface area contributed by atoms with Crippen molar-refractivity contribution < 1.29 is 9.84 Å². The second-order valence-corrected chi connectivity index (χ2v) is 7.49. The van der Waals surface area contributed by atoms with Crippen LogP contribution in [0, 0.1) is 11.8 Å². The molecule has 134 valence electrons. The molecule has 0 spiro atoms. The topological polar surface area (TPSA) is 48.5 Å². The third-order valence-corrected chi connectivity index (χ3v) is 6.33. The van der Waals surface area contributed by atoms with Crippen molar-refractivity contribution in [3.05, 3.63) is 41.6 Å². The van der Waals surface area contributed by atoms with Gasteiger partial charge in [0.05, 0.1) is 19.8 Å². The molecule has 0 radical (unpaired) electrons. The summed E-state index contributed by atoms with van der Waals surface area (Å²) < 4.78 is 5.62. The molecule has 3 atom stereocenters. The normalized spacial score (nSPS) is 26.3. The summed E-state index contributed by atoms with van der Waals surface area (Å²) in [5.74, 6) is 1.95. The molecule has 25 heavy (non-hydrogen) atoms. The Morgan fingerprint density at radius 3 is 3.00 bits per heavy atom. The van der Waals surface area contributed by atoms with Crippen LogP contribution in [-0.2, 0) is 6.42 Å². The van der Waals surface area contributed by atoms with Gasteiger partial charge in [0, 0.05) is 29.7 Å². The summed E-state index contributed by atoms with van der Waals surface area (Å²) in [6.07, 6.45) is 3.24. The van der Waals surface area contributed by atoms with Crippen LogP contribution in [0.25, 0.3) is 10.9 Å². The van der Waals surface area contributed by atoms with E-state index in [1.807, 2.05) is 12.1 Å². The van der Waals surface area contributed by atoms with Crippen LogP contribution in [0.2, 0.25) is 0 Å². The van der Waals surface area contributed by atoms with Gasteiger partial charge in [-0.3, -0.25) is 4.90 Å². The number of methoxy groups -OCH3 is 1. The van der Waals surface area contributed by atoms with Crippen molar-refractivity contribution in [3.63, 3.8) is 0 Å². The summed E-state index contributed by atoms with van der Waals surface area (Å²) in [5.41, 5.74) is 4.92. The molecule has 1 saturated heterocycles. The zero-order chi connectivity index (χ0) is 17.6. The number of aliphatic hydroxyl groups is 1. The second-order valence-electron chi connectivity index (χ2n) is 7.49. The number of aromatic amines is 1. The average molecular weight is 340 g/mol. The number of H-pyrrole nitrogens is 1. The zero-order valence-corrected chi connectivity index (χ0v) is 15.2. The number of fused-ring (bicyclic) bond motifs is 5. The Hall–Kier alpha value is -1.78. The predicted octanol–water partition coefficient (Wildman–Crippen LogP) is 3.67. The molecular weight excluding hydrogens is 312 g/mol. The molecule has 1 fully saturated rings. The van der Waals surface area contributed by atoms with Crippen molar-refractivity contribution in [3.8, 4) is 5.75 Å². The van der Waals surface area contributed by atoms with Crippen LogP contribution < -0.4 is 4.74 Å². The maximum absolute atomic E-state index is 9.64. The lowest BCUT2D eigenvalue weighted by Gasteiger charge is -2.46. The summed E-state index contributed by atoms with van der Waals surface area (Å²) in [5, 5.41) is 10.9. The third kappa shape index (κ3) is 2.59. The van der Waals surface area contributed by atoms with Gasteiger partial charge in [0.15, 0.2) is 0 Å². The Kier molecular flexibility index (Phi) is 4.34. The second kappa shape index (κ2) is 6.50. The van der Waals surface area contributed by atoms with Crippen molar-refractivity contribution in [2.45, 2.75) is 32.2 Å². The van der Waals surface area contributed by atoms with E-state index in [0.717, 1.165) is 43.7 Å². The fraction of sp³-hybridized carbons (Fsp3) is 0.524. The molecule has 4 rings (SSSR count). The minimum atomic E-state index is 0.0985. The zero-order valence-electron chi connectivity index (χ0n) is 15.2. The molecule has 4 heteroatoms. The highest BCUT2D eigenvalue weighted by atomic mass is 16.5. The molecule has 0 aliphatic carbocycles. The molecule has 0 amide bonds. The summed E-state index contributed by atoms with van der Waals surface area (Å²) in [6, 6.07) is 6.62. The summed E-state index contributed by atoms with van der Waals surface area (Å²) in [7, 11) is 1.75. The number of rotatable bonds is 4. The van der Waals surface area contributed by atoms with Crippen molar-refractivity contribution in [1.29, 1.82) is 0 Å². The van der Waals surface area contributed by atoms with E-state index in [-0.39, 0.29) is 6.61 Å². The highest BCUT2D eigenvalue weighted by molar-refractivity contribution is 5.91. The van der Waals surface area contributed by atoms with E-state index in [1.54, 1.807) is 7.11 Å². The third-order valence-electron chi connectivity index (χ3n) is 6.33. The minimum Gasteiger partial charge on any atom is -0.496 e. The van der Waals surface area contributed by atoms with Gasteiger partial charge in [-0.2, -0.15) is 0 Å². The quantitative estimate of drug-likeness (QED) is 0.835. The summed E-state index contributed by atoms with van der Waals surface area (Å²) >= 11 is 0. The van der Waals surface area contributed by atoms with Gasteiger partial charge in [0.25, 0.3) is 0 Å². The van der Waals surface area contributed by atoms with Crippen LogP contribution in [0.15, 0.2) is 30.4 Å². The number of aliphatic hydroxyl groups excluding tert-OH is 1. The highest BCUT2D eigenvalue weighted by Crippen LogP contribution is 2.46. The van der Waals surface area contributed by atoms with E-state index < -0.39 is 0 Å². The van der Waals surface area contributed by atoms with Crippen LogP contribution in [0.4, 0.5) is 0 Å². The standard InChI is InChI=1S/C21H28N2O2/c1-4-14-11-23-9-8-15-20-17(6-5-7-19(20)25-3)22-21(15)18(23)10-16(14)13(2)12-24/h5-7,14,16,18,22,24H,2,4,8-12H2,1,3H3/t14-,16-,18+/m1/s1. The average Bonchev–Trinajstić information content (AvgIpc) is 3.05. The molecule has 0 saturated carbocycles. The van der Waals surface area contributed by atoms with Crippen LogP contribution in [0.5, 0.6) is 5.75 Å². The van der Waals surface area contributed by atoms with Crippen molar-refractivity contribution >= 4 is 10.9 Å². The molecule has 0 bridgehead atoms. The first-order chi connectivity index (χ1) is 12.2. The number of ether oxygens (including phenoxy) is 1. The van der Waals surface area contributed by atoms with Crippen LogP contribution >= 0.6 is 0 Å². The number of nitrogens with zero attached hydrogens (tertiary/aromatic N) is 1. The lowest BCUT2D eigenvalue weighted by molar-refractivity contribution is 0.0599. The first-order valence-corrected chi connectivity index (χ1v) is 9.37. The van der Waals surface area contributed by atoms with Gasteiger partial charge in [-0.15, -0.1) is 0 Å². The van der Waals surface area contributed by atoms with Gasteiger partial charge in [0.2, 0.25) is 0 Å². The Morgan fingerprint density at radius 2 is 2.28 bits per heavy atom. The van der Waals surface area contributed by atoms with Gasteiger partial charge in [-0.05, 0) is 47.9 Å². The Morgan fingerprint density at radius 1 is 1.44 bits per heavy atom. The Balaban J connectivity index is 1.76. The molecule has 2 aliphatic heterocycles. The summed E-state index contributed by atoms with van der Waals surface area (Å²) in [4.78, 5) is 6.31. The first kappa shape index (κ1) is 16.7. The summed E-state index contributed by atoms with van der Waals surface area (Å²) in [6.45, 7) is 8.70. The number of hydrogen-bond donors (Lipinski definition) is 2. The molecule has 1 aromatic heterocycles. The van der Waals surface area contributed by atoms with Crippen LogP contribution in [0.3, 0.4) is 0 Å². The van der Waals surface area contributed by atoms with Gasteiger partial charge >= 0.3 is 0 Å². The van der Waals surface area contributed by atoms with E-state index in [4.69, 9.17) is 4.74 Å². The largest absolute Gasteiger partial charge is 0.496 e. The monoisotopic (exact) mass is 340 g/mol. The number of benzene rings is 1. The molecular formula is C21H28N2O2. The maximum Gasteiger partial charge on any atom is 0.128 e. The Labute approximate surface area is 149 Å². The molecule has 2 aromatic rings. The van der Waals surface area contributed by atoms with Gasteiger partial charge in [-0.1, -0.05) is 26.0 Å². The van der Waals surface area contributed by atoms with Crippen molar-refractivity contribution in [2.24, 2.45) is 11.8 Å². The van der Waals surface area contributed by atoms with E-state index in [9.17, 15) is 5.11 Å². The molecule has 2 aliphatic rings. The minimum absolute atomic E-state index is 0.0985. The first-order valence-electron chi connectivity index (χ1n) is 9.37. The SMILES string of the molecule is C=C(CO)[C@H]1C[C@H]2c3[nH]c4cccc(OC)c4c3CCN2C[C@H]1CC. The van der Waals surface area contributed by atoms with Crippen LogP contribution in [-0.4, -0.2) is 41.8 Å². The number of piperidine rings is 1. The number of aromatic nitrogens is 1. The molecule has 3 heterocycles. The fourth-order valence-electron chi connectivity index (χ4n) is 4.99. The van der Waals surface area contributed by atoms with E-state index in [0.29, 0.717) is 17.9 Å². The van der Waals surface area contributed by atoms with E-state index in [1.165, 1.54) is 22.2 Å². The number of hydrogen-bond acceptors (Lipinski definition) is 3. The smallest absolute Gasteiger partial charge is 0.128 e. The van der Waals surface area contributed by atoms with E-state index in [2.05, 4.69) is 29.5 Å². The van der Waals surface area contributed by atoms with Crippen LogP contribution in [0.1, 0.15) is 37.1 Å². The van der Waals surface area contributed by atoms with Gasteiger partial charge in [-0.25, -0.2) is 0 Å². The predicted molar refractivity (Wildman–Crippen MR) is 101 cm³/mol. The van der Waals surface area contributed by atoms with Crippen molar-refractivity contribution in [1.82, 2.24) is 9.88 Å². The fourth-order valence-corrected chi connectivity index (χ4v) is 4.99. The lowest BCUT2D eigenvalue weighted by Crippen LogP contribution is -2.46. The van der Waals surface area contributed by atoms with Gasteiger partial charge in [0.1, 0.15) is 5.75 Å². The Bertz CT molecular complexity index is 795. The highest BCUT2D eigenvalue weighted by Gasteiger charge is 2.40. The lowest BCUT2D eigenvalue weighted by atomic mass is 9.74. The van der Waals surface area contributed by atoms with E-state index >= 15 is 0 Å². The number of nitrogens with one attached hydrogen (secondary N) is 1.